The van der Waals surface area contributed by atoms with E-state index in [-0.39, 0.29) is 0 Å². The van der Waals surface area contributed by atoms with Gasteiger partial charge >= 0.3 is 0 Å². The Hall–Kier alpha value is -0.0400. The molecule has 0 saturated heterocycles. The Morgan fingerprint density at radius 2 is 1.67 bits per heavy atom. The molecular weight excluding hydrogens is 184 g/mol. The molecule has 90 valence electrons. The standard InChI is InChI=1S/C14H28O/c1-5-15-14-8-6-13(7-9-14)12(4)10-11(2)3/h11-14H,5-10H2,1-4H3. The van der Waals surface area contributed by atoms with Gasteiger partial charge in [0.1, 0.15) is 0 Å². The zero-order valence-electron chi connectivity index (χ0n) is 11.0. The van der Waals surface area contributed by atoms with Crippen LogP contribution in [0.25, 0.3) is 0 Å². The lowest BCUT2D eigenvalue weighted by atomic mass is 9.77. The number of rotatable bonds is 5. The fraction of sp³-hybridized carbons (Fsp3) is 1.00. The average molecular weight is 212 g/mol. The van der Waals surface area contributed by atoms with Crippen molar-refractivity contribution in [3.8, 4) is 0 Å². The maximum atomic E-state index is 5.69. The van der Waals surface area contributed by atoms with Gasteiger partial charge in [0.2, 0.25) is 0 Å². The van der Waals surface area contributed by atoms with Crippen molar-refractivity contribution in [1.82, 2.24) is 0 Å². The maximum Gasteiger partial charge on any atom is 0.0575 e. The molecule has 1 aliphatic rings. The van der Waals surface area contributed by atoms with E-state index >= 15 is 0 Å². The summed E-state index contributed by atoms with van der Waals surface area (Å²) >= 11 is 0. The Labute approximate surface area is 95.6 Å². The molecule has 0 aromatic rings. The summed E-state index contributed by atoms with van der Waals surface area (Å²) < 4.78 is 5.69. The van der Waals surface area contributed by atoms with E-state index < -0.39 is 0 Å². The molecule has 0 amide bonds. The van der Waals surface area contributed by atoms with Gasteiger partial charge in [0.25, 0.3) is 0 Å². The predicted molar refractivity (Wildman–Crippen MR) is 66.0 cm³/mol. The molecule has 0 heterocycles. The highest BCUT2D eigenvalue weighted by Crippen LogP contribution is 2.34. The molecular formula is C14H28O. The lowest BCUT2D eigenvalue weighted by Gasteiger charge is -2.32. The first-order valence-corrected chi connectivity index (χ1v) is 6.75. The monoisotopic (exact) mass is 212 g/mol. The molecule has 1 unspecified atom stereocenters. The topological polar surface area (TPSA) is 9.23 Å². The summed E-state index contributed by atoms with van der Waals surface area (Å²) in [6.07, 6.45) is 7.32. The van der Waals surface area contributed by atoms with Gasteiger partial charge in [-0.3, -0.25) is 0 Å². The van der Waals surface area contributed by atoms with E-state index in [0.29, 0.717) is 6.10 Å². The maximum absolute atomic E-state index is 5.69. The lowest BCUT2D eigenvalue weighted by molar-refractivity contribution is 0.0179. The van der Waals surface area contributed by atoms with Crippen LogP contribution in [0, 0.1) is 17.8 Å². The average Bonchev–Trinajstić information content (AvgIpc) is 2.18. The first kappa shape index (κ1) is 13.0. The summed E-state index contributed by atoms with van der Waals surface area (Å²) in [5, 5.41) is 0. The normalized spacial score (nSPS) is 29.4. The molecule has 1 aliphatic carbocycles. The molecule has 0 bridgehead atoms. The van der Waals surface area contributed by atoms with Crippen LogP contribution in [0.3, 0.4) is 0 Å². The molecule has 0 aromatic carbocycles. The molecule has 0 spiro atoms. The second-order valence-electron chi connectivity index (χ2n) is 5.60. The molecule has 0 N–H and O–H groups in total. The summed E-state index contributed by atoms with van der Waals surface area (Å²) in [4.78, 5) is 0. The molecule has 1 fully saturated rings. The van der Waals surface area contributed by atoms with Crippen molar-refractivity contribution >= 4 is 0 Å². The van der Waals surface area contributed by atoms with Gasteiger partial charge in [0.15, 0.2) is 0 Å². The highest BCUT2D eigenvalue weighted by Gasteiger charge is 2.25. The van der Waals surface area contributed by atoms with E-state index in [1.807, 2.05) is 0 Å². The van der Waals surface area contributed by atoms with Crippen molar-refractivity contribution in [2.75, 3.05) is 6.61 Å². The Morgan fingerprint density at radius 1 is 1.07 bits per heavy atom. The third kappa shape index (κ3) is 4.55. The van der Waals surface area contributed by atoms with Crippen LogP contribution in [-0.4, -0.2) is 12.7 Å². The van der Waals surface area contributed by atoms with E-state index in [1.54, 1.807) is 0 Å². The largest absolute Gasteiger partial charge is 0.379 e. The lowest BCUT2D eigenvalue weighted by Crippen LogP contribution is -2.25. The van der Waals surface area contributed by atoms with Crippen molar-refractivity contribution in [2.45, 2.75) is 65.9 Å². The fourth-order valence-electron chi connectivity index (χ4n) is 3.00. The highest BCUT2D eigenvalue weighted by atomic mass is 16.5. The van der Waals surface area contributed by atoms with Gasteiger partial charge < -0.3 is 4.74 Å². The third-order valence-corrected chi connectivity index (χ3v) is 3.77. The van der Waals surface area contributed by atoms with E-state index in [2.05, 4.69) is 27.7 Å². The van der Waals surface area contributed by atoms with Crippen LogP contribution in [-0.2, 0) is 4.74 Å². The minimum Gasteiger partial charge on any atom is -0.379 e. The van der Waals surface area contributed by atoms with Gasteiger partial charge in [0.05, 0.1) is 6.10 Å². The zero-order chi connectivity index (χ0) is 11.3. The van der Waals surface area contributed by atoms with Gasteiger partial charge in [-0.2, -0.15) is 0 Å². The Balaban J connectivity index is 2.24. The minimum absolute atomic E-state index is 0.567. The summed E-state index contributed by atoms with van der Waals surface area (Å²) in [5.41, 5.74) is 0. The van der Waals surface area contributed by atoms with E-state index in [0.717, 1.165) is 24.4 Å². The molecule has 15 heavy (non-hydrogen) atoms. The number of hydrogen-bond acceptors (Lipinski definition) is 1. The first-order valence-electron chi connectivity index (χ1n) is 6.75. The van der Waals surface area contributed by atoms with Gasteiger partial charge in [-0.25, -0.2) is 0 Å². The van der Waals surface area contributed by atoms with Gasteiger partial charge in [-0.15, -0.1) is 0 Å². The molecule has 1 saturated carbocycles. The van der Waals surface area contributed by atoms with Crippen LogP contribution in [0.1, 0.15) is 59.8 Å². The van der Waals surface area contributed by atoms with E-state index in [1.165, 1.54) is 32.1 Å². The number of hydrogen-bond donors (Lipinski definition) is 0. The second-order valence-corrected chi connectivity index (χ2v) is 5.60. The van der Waals surface area contributed by atoms with Crippen LogP contribution in [0.15, 0.2) is 0 Å². The smallest absolute Gasteiger partial charge is 0.0575 e. The van der Waals surface area contributed by atoms with Crippen LogP contribution in [0.4, 0.5) is 0 Å². The first-order chi connectivity index (χ1) is 7.13. The Morgan fingerprint density at radius 3 is 2.13 bits per heavy atom. The van der Waals surface area contributed by atoms with Crippen molar-refractivity contribution in [3.05, 3.63) is 0 Å². The molecule has 1 nitrogen and oxygen atoms in total. The van der Waals surface area contributed by atoms with Crippen molar-refractivity contribution in [3.63, 3.8) is 0 Å². The molecule has 0 radical (unpaired) electrons. The van der Waals surface area contributed by atoms with Crippen LogP contribution >= 0.6 is 0 Å². The fourth-order valence-corrected chi connectivity index (χ4v) is 3.00. The highest BCUT2D eigenvalue weighted by molar-refractivity contribution is 4.76. The molecule has 1 rings (SSSR count). The SMILES string of the molecule is CCOC1CCC(C(C)CC(C)C)CC1. The Kier molecular flexibility index (Phi) is 5.66. The third-order valence-electron chi connectivity index (χ3n) is 3.77. The predicted octanol–water partition coefficient (Wildman–Crippen LogP) is 4.26. The van der Waals surface area contributed by atoms with Crippen LogP contribution in [0.5, 0.6) is 0 Å². The van der Waals surface area contributed by atoms with Gasteiger partial charge in [-0.1, -0.05) is 20.8 Å². The molecule has 1 heteroatoms. The summed E-state index contributed by atoms with van der Waals surface area (Å²) in [6, 6.07) is 0. The number of ether oxygens (including phenoxy) is 1. The van der Waals surface area contributed by atoms with Crippen molar-refractivity contribution in [1.29, 1.82) is 0 Å². The molecule has 0 aromatic heterocycles. The van der Waals surface area contributed by atoms with Gasteiger partial charge in [-0.05, 0) is 56.8 Å². The minimum atomic E-state index is 0.567. The van der Waals surface area contributed by atoms with Gasteiger partial charge in [0, 0.05) is 6.61 Å². The molecule has 0 aliphatic heterocycles. The molecule has 1 atom stereocenters. The Bertz CT molecular complexity index is 157. The second kappa shape index (κ2) is 6.52. The quantitative estimate of drug-likeness (QED) is 0.661. The van der Waals surface area contributed by atoms with Crippen molar-refractivity contribution < 1.29 is 4.74 Å². The summed E-state index contributed by atoms with van der Waals surface area (Å²) in [7, 11) is 0. The zero-order valence-corrected chi connectivity index (χ0v) is 11.0. The van der Waals surface area contributed by atoms with E-state index in [4.69, 9.17) is 4.74 Å². The van der Waals surface area contributed by atoms with Crippen LogP contribution < -0.4 is 0 Å². The summed E-state index contributed by atoms with van der Waals surface area (Å²) in [5.74, 6) is 2.72. The summed E-state index contributed by atoms with van der Waals surface area (Å²) in [6.45, 7) is 10.1. The van der Waals surface area contributed by atoms with Crippen molar-refractivity contribution in [2.24, 2.45) is 17.8 Å². The van der Waals surface area contributed by atoms with E-state index in [9.17, 15) is 0 Å². The van der Waals surface area contributed by atoms with Crippen LogP contribution in [0.2, 0.25) is 0 Å².